The second kappa shape index (κ2) is 6.14. The molecule has 0 amide bonds. The SMILES string of the molecule is CC(C)[S@@](=N)(=O)N1CC(CC#N)(n2cc(-c3ncnc4[nH]ccc34)cn2)C1. The fourth-order valence-corrected chi connectivity index (χ4v) is 4.85. The highest BCUT2D eigenvalue weighted by molar-refractivity contribution is 7.90. The molecule has 1 fully saturated rings. The van der Waals surface area contributed by atoms with Gasteiger partial charge in [-0.05, 0) is 19.9 Å². The van der Waals surface area contributed by atoms with E-state index in [0.29, 0.717) is 13.1 Å². The Labute approximate surface area is 157 Å². The molecule has 9 nitrogen and oxygen atoms in total. The van der Waals surface area contributed by atoms with Crippen LogP contribution in [0.1, 0.15) is 20.3 Å². The Morgan fingerprint density at radius 3 is 2.93 bits per heavy atom. The highest BCUT2D eigenvalue weighted by Gasteiger charge is 2.49. The van der Waals surface area contributed by atoms with Gasteiger partial charge in [-0.1, -0.05) is 0 Å². The first-order chi connectivity index (χ1) is 12.9. The van der Waals surface area contributed by atoms with E-state index < -0.39 is 15.5 Å². The zero-order valence-electron chi connectivity index (χ0n) is 15.1. The van der Waals surface area contributed by atoms with Crippen LogP contribution in [0.15, 0.2) is 31.0 Å². The molecule has 4 rings (SSSR count). The predicted octanol–water partition coefficient (Wildman–Crippen LogP) is 2.12. The van der Waals surface area contributed by atoms with Gasteiger partial charge < -0.3 is 4.98 Å². The molecule has 0 radical (unpaired) electrons. The largest absolute Gasteiger partial charge is 0.346 e. The van der Waals surface area contributed by atoms with E-state index in [0.717, 1.165) is 22.3 Å². The molecule has 10 heteroatoms. The lowest BCUT2D eigenvalue weighted by molar-refractivity contribution is 0.0740. The first kappa shape index (κ1) is 17.6. The number of aromatic amines is 1. The van der Waals surface area contributed by atoms with Gasteiger partial charge in [0.1, 0.15) is 27.4 Å². The molecule has 0 aliphatic carbocycles. The van der Waals surface area contributed by atoms with Crippen molar-refractivity contribution in [1.29, 1.82) is 10.0 Å². The Kier molecular flexibility index (Phi) is 4.01. The fourth-order valence-electron chi connectivity index (χ4n) is 3.39. The van der Waals surface area contributed by atoms with Gasteiger partial charge in [0.05, 0.1) is 29.6 Å². The molecule has 0 saturated carbocycles. The highest BCUT2D eigenvalue weighted by Crippen LogP contribution is 2.36. The summed E-state index contributed by atoms with van der Waals surface area (Å²) in [4.78, 5) is 11.6. The normalized spacial score (nSPS) is 18.9. The summed E-state index contributed by atoms with van der Waals surface area (Å²) < 4.78 is 24.1. The monoisotopic (exact) mass is 384 g/mol. The molecule has 4 heterocycles. The van der Waals surface area contributed by atoms with Gasteiger partial charge in [-0.15, -0.1) is 0 Å². The average molecular weight is 384 g/mol. The lowest BCUT2D eigenvalue weighted by Gasteiger charge is -2.49. The van der Waals surface area contributed by atoms with Gasteiger partial charge in [0.25, 0.3) is 0 Å². The standard InChI is InChI=1S/C17H20N8OS/c1-12(2)27(19,26)24-9-17(10-24,4-5-18)25-8-13(7-23-25)15-14-3-6-20-16(14)22-11-21-15/h3,6-8,11-12,19H,4,9-10H2,1-2H3,(H,20,21,22)/t27-/m0/s1. The number of nitriles is 1. The average Bonchev–Trinajstić information content (AvgIpc) is 3.26. The first-order valence-electron chi connectivity index (χ1n) is 8.61. The number of rotatable bonds is 5. The Hall–Kier alpha value is -2.77. The molecule has 1 atom stereocenters. The summed E-state index contributed by atoms with van der Waals surface area (Å²) in [6.07, 6.45) is 7.13. The molecule has 2 N–H and O–H groups in total. The van der Waals surface area contributed by atoms with Crippen LogP contribution < -0.4 is 0 Å². The molecule has 1 aliphatic rings. The third-order valence-corrected chi connectivity index (χ3v) is 7.37. The smallest absolute Gasteiger partial charge is 0.141 e. The summed E-state index contributed by atoms with van der Waals surface area (Å²) in [5.41, 5.74) is 1.77. The van der Waals surface area contributed by atoms with Crippen molar-refractivity contribution >= 4 is 20.9 Å². The van der Waals surface area contributed by atoms with Gasteiger partial charge in [0, 0.05) is 36.4 Å². The van der Waals surface area contributed by atoms with Crippen molar-refractivity contribution in [3.8, 4) is 17.3 Å². The van der Waals surface area contributed by atoms with Crippen LogP contribution in [-0.4, -0.2) is 51.6 Å². The van der Waals surface area contributed by atoms with E-state index in [1.165, 1.54) is 6.33 Å². The number of hydrogen-bond donors (Lipinski definition) is 2. The molecule has 0 unspecified atom stereocenters. The molecule has 1 saturated heterocycles. The van der Waals surface area contributed by atoms with Gasteiger partial charge in [-0.25, -0.2) is 23.3 Å². The number of aromatic nitrogens is 5. The Bertz CT molecular complexity index is 1130. The van der Waals surface area contributed by atoms with Gasteiger partial charge >= 0.3 is 0 Å². The number of nitrogens with zero attached hydrogens (tertiary/aromatic N) is 6. The second-order valence-corrected chi connectivity index (χ2v) is 9.71. The van der Waals surface area contributed by atoms with Crippen LogP contribution in [0.4, 0.5) is 0 Å². The van der Waals surface area contributed by atoms with Gasteiger partial charge in [-0.3, -0.25) is 4.68 Å². The van der Waals surface area contributed by atoms with E-state index in [2.05, 4.69) is 26.1 Å². The number of H-pyrrole nitrogens is 1. The van der Waals surface area contributed by atoms with Crippen molar-refractivity contribution in [2.24, 2.45) is 0 Å². The zero-order valence-corrected chi connectivity index (χ0v) is 15.9. The predicted molar refractivity (Wildman–Crippen MR) is 101 cm³/mol. The van der Waals surface area contributed by atoms with Gasteiger partial charge in [-0.2, -0.15) is 10.4 Å². The lowest BCUT2D eigenvalue weighted by Crippen LogP contribution is -2.64. The van der Waals surface area contributed by atoms with Gasteiger partial charge in [0.2, 0.25) is 0 Å². The van der Waals surface area contributed by atoms with E-state index >= 15 is 0 Å². The number of hydrogen-bond acceptors (Lipinski definition) is 6. The molecule has 140 valence electrons. The van der Waals surface area contributed by atoms with Crippen molar-refractivity contribution in [3.05, 3.63) is 31.0 Å². The molecule has 0 aromatic carbocycles. The third-order valence-electron chi connectivity index (χ3n) is 5.07. The summed E-state index contributed by atoms with van der Waals surface area (Å²) in [6.45, 7) is 4.29. The van der Waals surface area contributed by atoms with Crippen molar-refractivity contribution in [2.75, 3.05) is 13.1 Å². The summed E-state index contributed by atoms with van der Waals surface area (Å²) in [5, 5.41) is 14.4. The second-order valence-electron chi connectivity index (χ2n) is 7.11. The van der Waals surface area contributed by atoms with E-state index in [-0.39, 0.29) is 11.7 Å². The van der Waals surface area contributed by atoms with Crippen molar-refractivity contribution in [3.63, 3.8) is 0 Å². The van der Waals surface area contributed by atoms with E-state index in [1.54, 1.807) is 29.0 Å². The number of nitrogens with one attached hydrogen (secondary N) is 2. The highest BCUT2D eigenvalue weighted by atomic mass is 32.2. The van der Waals surface area contributed by atoms with Crippen LogP contribution in [0.25, 0.3) is 22.3 Å². The van der Waals surface area contributed by atoms with E-state index in [4.69, 9.17) is 4.78 Å². The Morgan fingerprint density at radius 2 is 2.22 bits per heavy atom. The van der Waals surface area contributed by atoms with Crippen molar-refractivity contribution in [2.45, 2.75) is 31.1 Å². The molecule has 3 aromatic heterocycles. The Balaban J connectivity index is 1.67. The number of fused-ring (bicyclic) bond motifs is 1. The first-order valence-corrected chi connectivity index (χ1v) is 10.2. The van der Waals surface area contributed by atoms with E-state index in [9.17, 15) is 9.47 Å². The van der Waals surface area contributed by atoms with Crippen LogP contribution in [-0.2, 0) is 15.5 Å². The van der Waals surface area contributed by atoms with Crippen LogP contribution in [0.2, 0.25) is 0 Å². The molecule has 0 spiro atoms. The maximum Gasteiger partial charge on any atom is 0.141 e. The molecule has 0 bridgehead atoms. The molecule has 3 aromatic rings. The minimum Gasteiger partial charge on any atom is -0.346 e. The maximum absolute atomic E-state index is 12.6. The van der Waals surface area contributed by atoms with Gasteiger partial charge in [0.15, 0.2) is 0 Å². The minimum absolute atomic E-state index is 0.238. The molecule has 1 aliphatic heterocycles. The summed E-state index contributed by atoms with van der Waals surface area (Å²) in [5.74, 6) is 0. The summed E-state index contributed by atoms with van der Waals surface area (Å²) in [7, 11) is -2.85. The lowest BCUT2D eigenvalue weighted by atomic mass is 9.89. The summed E-state index contributed by atoms with van der Waals surface area (Å²) >= 11 is 0. The van der Waals surface area contributed by atoms with E-state index in [1.807, 2.05) is 18.5 Å². The van der Waals surface area contributed by atoms with Crippen LogP contribution in [0.3, 0.4) is 0 Å². The Morgan fingerprint density at radius 1 is 1.44 bits per heavy atom. The van der Waals surface area contributed by atoms with Crippen molar-refractivity contribution in [1.82, 2.24) is 29.0 Å². The topological polar surface area (TPSA) is 127 Å². The molecular formula is C17H20N8OS. The van der Waals surface area contributed by atoms with Crippen LogP contribution in [0.5, 0.6) is 0 Å². The van der Waals surface area contributed by atoms with Crippen LogP contribution >= 0.6 is 0 Å². The fraction of sp³-hybridized carbons (Fsp3) is 0.412. The zero-order chi connectivity index (χ0) is 19.2. The molecule has 27 heavy (non-hydrogen) atoms. The third kappa shape index (κ3) is 2.70. The summed E-state index contributed by atoms with van der Waals surface area (Å²) in [6, 6.07) is 4.13. The quantitative estimate of drug-likeness (QED) is 0.696. The maximum atomic E-state index is 12.6. The van der Waals surface area contributed by atoms with Crippen LogP contribution in [0, 0.1) is 16.1 Å². The van der Waals surface area contributed by atoms with Crippen molar-refractivity contribution < 1.29 is 4.21 Å². The molecular weight excluding hydrogens is 364 g/mol. The minimum atomic E-state index is -2.85.